The van der Waals surface area contributed by atoms with Crippen LogP contribution in [0.5, 0.6) is 5.75 Å². The number of amides is 2. The molecule has 158 valence electrons. The molecule has 0 atom stereocenters. The van der Waals surface area contributed by atoms with Gasteiger partial charge < -0.3 is 15.4 Å². The predicted octanol–water partition coefficient (Wildman–Crippen LogP) is 4.69. The summed E-state index contributed by atoms with van der Waals surface area (Å²) in [6.07, 6.45) is 0.144. The molecule has 8 nitrogen and oxygen atoms in total. The van der Waals surface area contributed by atoms with E-state index in [2.05, 4.69) is 10.6 Å². The standard InChI is InChI=1S/C22H18ClN3O5/c1-31-18-9-10-19(20(13-18)26(29)30)25-22(28)15-3-2-4-17(12-15)24-21(27)11-14-5-7-16(23)8-6-14/h2-10,12-13H,11H2,1H3,(H,24,27)(H,25,28). The minimum atomic E-state index is -0.606. The van der Waals surface area contributed by atoms with Crippen LogP contribution in [0.2, 0.25) is 5.02 Å². The largest absolute Gasteiger partial charge is 0.496 e. The van der Waals surface area contributed by atoms with Crippen molar-refractivity contribution < 1.29 is 19.2 Å². The van der Waals surface area contributed by atoms with E-state index in [1.165, 1.54) is 31.4 Å². The number of nitro groups is 1. The van der Waals surface area contributed by atoms with E-state index in [-0.39, 0.29) is 29.3 Å². The van der Waals surface area contributed by atoms with Crippen molar-refractivity contribution in [2.75, 3.05) is 17.7 Å². The van der Waals surface area contributed by atoms with Crippen LogP contribution in [0.4, 0.5) is 17.1 Å². The summed E-state index contributed by atoms with van der Waals surface area (Å²) in [6.45, 7) is 0. The molecule has 0 unspecified atom stereocenters. The van der Waals surface area contributed by atoms with Gasteiger partial charge in [-0.1, -0.05) is 29.8 Å². The first-order valence-electron chi connectivity index (χ1n) is 9.14. The quantitative estimate of drug-likeness (QED) is 0.410. The van der Waals surface area contributed by atoms with Gasteiger partial charge in [-0.25, -0.2) is 0 Å². The monoisotopic (exact) mass is 439 g/mol. The number of anilines is 2. The van der Waals surface area contributed by atoms with Crippen LogP contribution in [0.1, 0.15) is 15.9 Å². The Hall–Kier alpha value is -3.91. The molecule has 0 fully saturated rings. The fraction of sp³-hybridized carbons (Fsp3) is 0.0909. The lowest BCUT2D eigenvalue weighted by molar-refractivity contribution is -0.384. The lowest BCUT2D eigenvalue weighted by Gasteiger charge is -2.10. The number of nitro benzene ring substituents is 1. The average molecular weight is 440 g/mol. The molecule has 0 heterocycles. The van der Waals surface area contributed by atoms with Crippen LogP contribution in [-0.2, 0) is 11.2 Å². The molecule has 3 aromatic rings. The number of nitrogens with zero attached hydrogens (tertiary/aromatic N) is 1. The molecular weight excluding hydrogens is 422 g/mol. The number of ether oxygens (including phenoxy) is 1. The molecule has 3 aromatic carbocycles. The molecule has 0 spiro atoms. The maximum atomic E-state index is 12.6. The molecule has 0 saturated carbocycles. The lowest BCUT2D eigenvalue weighted by atomic mass is 10.1. The zero-order valence-electron chi connectivity index (χ0n) is 16.4. The summed E-state index contributed by atoms with van der Waals surface area (Å²) in [7, 11) is 1.39. The number of halogens is 1. The highest BCUT2D eigenvalue weighted by molar-refractivity contribution is 6.30. The molecule has 2 N–H and O–H groups in total. The first kappa shape index (κ1) is 21.8. The third-order valence-electron chi connectivity index (χ3n) is 4.34. The number of benzene rings is 3. The van der Waals surface area contributed by atoms with Gasteiger partial charge in [-0.15, -0.1) is 0 Å². The van der Waals surface area contributed by atoms with E-state index < -0.39 is 10.8 Å². The third kappa shape index (κ3) is 5.80. The molecule has 0 aromatic heterocycles. The predicted molar refractivity (Wildman–Crippen MR) is 118 cm³/mol. The second-order valence-electron chi connectivity index (χ2n) is 6.53. The van der Waals surface area contributed by atoms with Crippen molar-refractivity contribution in [3.63, 3.8) is 0 Å². The average Bonchev–Trinajstić information content (AvgIpc) is 2.75. The summed E-state index contributed by atoms with van der Waals surface area (Å²) in [5.74, 6) is -0.511. The molecular formula is C22H18ClN3O5. The van der Waals surface area contributed by atoms with Gasteiger partial charge in [0.15, 0.2) is 0 Å². The van der Waals surface area contributed by atoms with Crippen molar-refractivity contribution in [1.29, 1.82) is 0 Å². The van der Waals surface area contributed by atoms with Gasteiger partial charge in [-0.2, -0.15) is 0 Å². The number of rotatable bonds is 7. The van der Waals surface area contributed by atoms with E-state index in [1.807, 2.05) is 0 Å². The Kier molecular flexibility index (Phi) is 6.84. The first-order chi connectivity index (χ1) is 14.9. The number of hydrogen-bond acceptors (Lipinski definition) is 5. The minimum Gasteiger partial charge on any atom is -0.496 e. The minimum absolute atomic E-state index is 0.0352. The van der Waals surface area contributed by atoms with Crippen molar-refractivity contribution in [1.82, 2.24) is 0 Å². The van der Waals surface area contributed by atoms with Crippen LogP contribution in [-0.4, -0.2) is 23.8 Å². The number of methoxy groups -OCH3 is 1. The fourth-order valence-corrected chi connectivity index (χ4v) is 2.95. The molecule has 0 aliphatic rings. The highest BCUT2D eigenvalue weighted by Crippen LogP contribution is 2.29. The van der Waals surface area contributed by atoms with Gasteiger partial charge in [0, 0.05) is 16.3 Å². The van der Waals surface area contributed by atoms with Crippen molar-refractivity contribution in [3.8, 4) is 5.75 Å². The van der Waals surface area contributed by atoms with E-state index >= 15 is 0 Å². The van der Waals surface area contributed by atoms with E-state index in [9.17, 15) is 19.7 Å². The van der Waals surface area contributed by atoms with Crippen LogP contribution >= 0.6 is 11.6 Å². The summed E-state index contributed by atoms with van der Waals surface area (Å²) >= 11 is 5.84. The van der Waals surface area contributed by atoms with E-state index in [4.69, 9.17) is 16.3 Å². The van der Waals surface area contributed by atoms with Gasteiger partial charge in [-0.3, -0.25) is 19.7 Å². The molecule has 0 aliphatic carbocycles. The number of nitrogens with one attached hydrogen (secondary N) is 2. The Balaban J connectivity index is 1.71. The first-order valence-corrected chi connectivity index (χ1v) is 9.51. The topological polar surface area (TPSA) is 111 Å². The molecule has 0 aliphatic heterocycles. The van der Waals surface area contributed by atoms with Crippen molar-refractivity contribution in [2.45, 2.75) is 6.42 Å². The summed E-state index contributed by atoms with van der Waals surface area (Å²) < 4.78 is 4.99. The molecule has 3 rings (SSSR count). The molecule has 2 amide bonds. The van der Waals surface area contributed by atoms with Crippen LogP contribution < -0.4 is 15.4 Å². The third-order valence-corrected chi connectivity index (χ3v) is 4.59. The number of hydrogen-bond donors (Lipinski definition) is 2. The summed E-state index contributed by atoms with van der Waals surface area (Å²) in [4.78, 5) is 35.6. The summed E-state index contributed by atoms with van der Waals surface area (Å²) in [5.41, 5.74) is 1.20. The van der Waals surface area contributed by atoms with Gasteiger partial charge in [0.2, 0.25) is 5.91 Å². The zero-order valence-corrected chi connectivity index (χ0v) is 17.2. The Morgan fingerprint density at radius 2 is 1.77 bits per heavy atom. The smallest absolute Gasteiger partial charge is 0.296 e. The second kappa shape index (κ2) is 9.73. The van der Waals surface area contributed by atoms with Crippen molar-refractivity contribution in [3.05, 3.63) is 93.0 Å². The van der Waals surface area contributed by atoms with Gasteiger partial charge in [-0.05, 0) is 48.0 Å². The van der Waals surface area contributed by atoms with Crippen LogP contribution in [0, 0.1) is 10.1 Å². The SMILES string of the molecule is COc1ccc(NC(=O)c2cccc(NC(=O)Cc3ccc(Cl)cc3)c2)c([N+](=O)[O-])c1. The van der Waals surface area contributed by atoms with Crippen LogP contribution in [0.25, 0.3) is 0 Å². The number of carbonyl (C=O) groups excluding carboxylic acids is 2. The molecule has 31 heavy (non-hydrogen) atoms. The molecule has 9 heteroatoms. The maximum Gasteiger partial charge on any atom is 0.296 e. The van der Waals surface area contributed by atoms with Gasteiger partial charge in [0.1, 0.15) is 11.4 Å². The van der Waals surface area contributed by atoms with Gasteiger partial charge >= 0.3 is 0 Å². The molecule has 0 bridgehead atoms. The van der Waals surface area contributed by atoms with Crippen molar-refractivity contribution in [2.24, 2.45) is 0 Å². The van der Waals surface area contributed by atoms with Crippen molar-refractivity contribution >= 4 is 40.5 Å². The van der Waals surface area contributed by atoms with E-state index in [1.54, 1.807) is 42.5 Å². The normalized spacial score (nSPS) is 10.3. The van der Waals surface area contributed by atoms with Gasteiger partial charge in [0.05, 0.1) is 24.5 Å². The fourth-order valence-electron chi connectivity index (χ4n) is 2.82. The van der Waals surface area contributed by atoms with Crippen LogP contribution in [0.3, 0.4) is 0 Å². The second-order valence-corrected chi connectivity index (χ2v) is 6.96. The molecule has 0 radical (unpaired) electrons. The van der Waals surface area contributed by atoms with Crippen LogP contribution in [0.15, 0.2) is 66.7 Å². The number of carbonyl (C=O) groups is 2. The molecule has 0 saturated heterocycles. The Bertz CT molecular complexity index is 1130. The Morgan fingerprint density at radius 3 is 2.45 bits per heavy atom. The highest BCUT2D eigenvalue weighted by atomic mass is 35.5. The Morgan fingerprint density at radius 1 is 1.03 bits per heavy atom. The van der Waals surface area contributed by atoms with E-state index in [0.29, 0.717) is 16.5 Å². The van der Waals surface area contributed by atoms with E-state index in [0.717, 1.165) is 5.56 Å². The van der Waals surface area contributed by atoms with Gasteiger partial charge in [0.25, 0.3) is 11.6 Å². The Labute approximate surface area is 182 Å². The maximum absolute atomic E-state index is 12.6. The zero-order chi connectivity index (χ0) is 22.4. The highest BCUT2D eigenvalue weighted by Gasteiger charge is 2.18. The lowest BCUT2D eigenvalue weighted by Crippen LogP contribution is -2.16. The summed E-state index contributed by atoms with van der Waals surface area (Å²) in [5, 5.41) is 17.1. The summed E-state index contributed by atoms with van der Waals surface area (Å²) in [6, 6.07) is 17.3.